The average molecular weight is 246 g/mol. The van der Waals surface area contributed by atoms with E-state index in [-0.39, 0.29) is 0 Å². The summed E-state index contributed by atoms with van der Waals surface area (Å²) in [5.74, 6) is 0. The fraction of sp³-hybridized carbons (Fsp3) is 0.0588. The summed E-state index contributed by atoms with van der Waals surface area (Å²) < 4.78 is 0. The Bertz CT molecular complexity index is 676. The van der Waals surface area contributed by atoms with Gasteiger partial charge in [-0.3, -0.25) is 0 Å². The van der Waals surface area contributed by atoms with Crippen molar-refractivity contribution in [2.45, 2.75) is 6.92 Å². The Balaban J connectivity index is 2.21. The first-order valence-corrected chi connectivity index (χ1v) is 6.30. The highest BCUT2D eigenvalue weighted by Crippen LogP contribution is 2.29. The smallest absolute Gasteiger partial charge is 0.101 e. The third-order valence-electron chi connectivity index (χ3n) is 3.05. The molecule has 1 heterocycles. The van der Waals surface area contributed by atoms with Crippen molar-refractivity contribution in [2.24, 2.45) is 0 Å². The lowest BCUT2D eigenvalue weighted by Gasteiger charge is -2.09. The van der Waals surface area contributed by atoms with E-state index >= 15 is 0 Å². The predicted molar refractivity (Wildman–Crippen MR) is 77.6 cm³/mol. The molecule has 2 aromatic carbocycles. The molecule has 0 aliphatic heterocycles. The van der Waals surface area contributed by atoms with Crippen LogP contribution in [0.5, 0.6) is 0 Å². The van der Waals surface area contributed by atoms with Crippen LogP contribution in [-0.4, -0.2) is 10.2 Å². The van der Waals surface area contributed by atoms with Crippen LogP contribution in [0.1, 0.15) is 5.69 Å². The molecule has 0 bridgehead atoms. The normalized spacial score (nSPS) is 10.4. The van der Waals surface area contributed by atoms with Crippen LogP contribution in [0.4, 0.5) is 0 Å². The second-order valence-electron chi connectivity index (χ2n) is 4.48. The zero-order valence-electron chi connectivity index (χ0n) is 10.7. The van der Waals surface area contributed by atoms with Crippen LogP contribution in [0.2, 0.25) is 0 Å². The largest absolute Gasteiger partial charge is 0.155 e. The number of rotatable bonds is 2. The van der Waals surface area contributed by atoms with E-state index in [4.69, 9.17) is 0 Å². The van der Waals surface area contributed by atoms with Gasteiger partial charge in [0.15, 0.2) is 0 Å². The highest BCUT2D eigenvalue weighted by atomic mass is 15.1. The van der Waals surface area contributed by atoms with Gasteiger partial charge < -0.3 is 0 Å². The third-order valence-corrected chi connectivity index (χ3v) is 3.05. The fourth-order valence-corrected chi connectivity index (χ4v) is 2.14. The van der Waals surface area contributed by atoms with Crippen molar-refractivity contribution in [3.63, 3.8) is 0 Å². The van der Waals surface area contributed by atoms with E-state index in [0.29, 0.717) is 0 Å². The molecule has 0 saturated heterocycles. The van der Waals surface area contributed by atoms with Gasteiger partial charge >= 0.3 is 0 Å². The summed E-state index contributed by atoms with van der Waals surface area (Å²) in [5, 5.41) is 8.57. The molecule has 0 unspecified atom stereocenters. The van der Waals surface area contributed by atoms with Gasteiger partial charge in [0.1, 0.15) is 5.69 Å². The van der Waals surface area contributed by atoms with E-state index in [1.54, 1.807) is 0 Å². The standard InChI is InChI=1S/C17H14N2/c1-13-12-16(14-8-4-2-5-9-14)17(19-18-13)15-10-6-3-7-11-15/h2-12H,1H3. The number of hydrogen-bond acceptors (Lipinski definition) is 2. The van der Waals surface area contributed by atoms with Crippen LogP contribution in [-0.2, 0) is 0 Å². The van der Waals surface area contributed by atoms with Crippen LogP contribution >= 0.6 is 0 Å². The van der Waals surface area contributed by atoms with Crippen LogP contribution < -0.4 is 0 Å². The summed E-state index contributed by atoms with van der Waals surface area (Å²) in [6.07, 6.45) is 0. The highest BCUT2D eigenvalue weighted by Gasteiger charge is 2.09. The minimum absolute atomic E-state index is 0.928. The van der Waals surface area contributed by atoms with Crippen molar-refractivity contribution < 1.29 is 0 Å². The van der Waals surface area contributed by atoms with Crippen molar-refractivity contribution in [3.8, 4) is 22.4 Å². The topological polar surface area (TPSA) is 25.8 Å². The zero-order chi connectivity index (χ0) is 13.1. The maximum absolute atomic E-state index is 4.37. The Morgan fingerprint density at radius 2 is 1.26 bits per heavy atom. The minimum Gasteiger partial charge on any atom is -0.155 e. The molecule has 0 radical (unpaired) electrons. The molecule has 19 heavy (non-hydrogen) atoms. The molecule has 92 valence electrons. The van der Waals surface area contributed by atoms with Crippen LogP contribution in [0, 0.1) is 6.92 Å². The molecule has 0 atom stereocenters. The SMILES string of the molecule is Cc1cc(-c2ccccc2)c(-c2ccccc2)nn1. The summed E-state index contributed by atoms with van der Waals surface area (Å²) in [4.78, 5) is 0. The number of benzene rings is 2. The van der Waals surface area contributed by atoms with Crippen LogP contribution in [0.3, 0.4) is 0 Å². The monoisotopic (exact) mass is 246 g/mol. The molecular formula is C17H14N2. The van der Waals surface area contributed by atoms with Crippen LogP contribution in [0.25, 0.3) is 22.4 Å². The van der Waals surface area contributed by atoms with E-state index < -0.39 is 0 Å². The van der Waals surface area contributed by atoms with Gasteiger partial charge in [0, 0.05) is 11.1 Å². The first-order chi connectivity index (χ1) is 9.34. The molecule has 0 aliphatic rings. The highest BCUT2D eigenvalue weighted by molar-refractivity contribution is 5.80. The first-order valence-electron chi connectivity index (χ1n) is 6.30. The molecule has 0 saturated carbocycles. The Kier molecular flexibility index (Phi) is 3.07. The molecular weight excluding hydrogens is 232 g/mol. The second-order valence-corrected chi connectivity index (χ2v) is 4.48. The second kappa shape index (κ2) is 5.02. The Morgan fingerprint density at radius 1 is 0.684 bits per heavy atom. The Morgan fingerprint density at radius 3 is 1.89 bits per heavy atom. The molecule has 3 rings (SSSR count). The van der Waals surface area contributed by atoms with E-state index in [1.807, 2.05) is 43.3 Å². The molecule has 0 amide bonds. The maximum atomic E-state index is 4.37. The van der Waals surface area contributed by atoms with Crippen molar-refractivity contribution in [2.75, 3.05) is 0 Å². The lowest BCUT2D eigenvalue weighted by atomic mass is 9.99. The van der Waals surface area contributed by atoms with Gasteiger partial charge in [0.2, 0.25) is 0 Å². The summed E-state index contributed by atoms with van der Waals surface area (Å²) in [6, 6.07) is 22.6. The number of hydrogen-bond donors (Lipinski definition) is 0. The number of aromatic nitrogens is 2. The van der Waals surface area contributed by atoms with Gasteiger partial charge in [0.05, 0.1) is 5.69 Å². The lowest BCUT2D eigenvalue weighted by molar-refractivity contribution is 0.989. The van der Waals surface area contributed by atoms with Gasteiger partial charge in [-0.25, -0.2) is 0 Å². The van der Waals surface area contributed by atoms with E-state index in [2.05, 4.69) is 40.5 Å². The van der Waals surface area contributed by atoms with Crippen LogP contribution in [0.15, 0.2) is 66.7 Å². The van der Waals surface area contributed by atoms with Crippen molar-refractivity contribution in [1.29, 1.82) is 0 Å². The van der Waals surface area contributed by atoms with Crippen molar-refractivity contribution in [3.05, 3.63) is 72.4 Å². The summed E-state index contributed by atoms with van der Waals surface area (Å²) >= 11 is 0. The lowest BCUT2D eigenvalue weighted by Crippen LogP contribution is -1.94. The summed E-state index contributed by atoms with van der Waals surface area (Å²) in [7, 11) is 0. The quantitative estimate of drug-likeness (QED) is 0.679. The van der Waals surface area contributed by atoms with E-state index in [0.717, 1.165) is 22.5 Å². The van der Waals surface area contributed by atoms with Gasteiger partial charge in [-0.05, 0) is 18.6 Å². The third kappa shape index (κ3) is 2.38. The summed E-state index contributed by atoms with van der Waals surface area (Å²) in [5.41, 5.74) is 5.24. The molecule has 0 aliphatic carbocycles. The number of nitrogens with zero attached hydrogens (tertiary/aromatic N) is 2. The van der Waals surface area contributed by atoms with Gasteiger partial charge in [-0.15, -0.1) is 5.10 Å². The van der Waals surface area contributed by atoms with Crippen molar-refractivity contribution in [1.82, 2.24) is 10.2 Å². The molecule has 1 aromatic heterocycles. The van der Waals surface area contributed by atoms with Crippen molar-refractivity contribution >= 4 is 0 Å². The fourth-order valence-electron chi connectivity index (χ4n) is 2.14. The molecule has 0 fully saturated rings. The Hall–Kier alpha value is -2.48. The van der Waals surface area contributed by atoms with E-state index in [9.17, 15) is 0 Å². The average Bonchev–Trinajstić information content (AvgIpc) is 2.49. The Labute approximate surface area is 112 Å². The summed E-state index contributed by atoms with van der Waals surface area (Å²) in [6.45, 7) is 1.97. The number of aryl methyl sites for hydroxylation is 1. The maximum Gasteiger partial charge on any atom is 0.101 e. The van der Waals surface area contributed by atoms with E-state index in [1.165, 1.54) is 5.56 Å². The van der Waals surface area contributed by atoms with Gasteiger partial charge in [-0.2, -0.15) is 5.10 Å². The molecule has 2 nitrogen and oxygen atoms in total. The molecule has 0 N–H and O–H groups in total. The predicted octanol–water partition coefficient (Wildman–Crippen LogP) is 4.12. The molecule has 3 aromatic rings. The van der Waals surface area contributed by atoms with Gasteiger partial charge in [0.25, 0.3) is 0 Å². The zero-order valence-corrected chi connectivity index (χ0v) is 10.7. The molecule has 2 heteroatoms. The first kappa shape index (κ1) is 11.6. The van der Waals surface area contributed by atoms with Gasteiger partial charge in [-0.1, -0.05) is 60.7 Å². The molecule has 0 spiro atoms. The minimum atomic E-state index is 0.928.